The van der Waals surface area contributed by atoms with Crippen LogP contribution in [0.1, 0.15) is 27.7 Å². The molecule has 14 heavy (non-hydrogen) atoms. The minimum absolute atomic E-state index is 0. The van der Waals surface area contributed by atoms with E-state index in [9.17, 15) is 9.59 Å². The Morgan fingerprint density at radius 3 is 1.21 bits per heavy atom. The quantitative estimate of drug-likeness (QED) is 0.305. The number of carboxylic acid groups (broad SMARTS) is 1. The van der Waals surface area contributed by atoms with E-state index in [0.717, 1.165) is 6.92 Å². The van der Waals surface area contributed by atoms with E-state index in [0.29, 0.717) is 0 Å². The van der Waals surface area contributed by atoms with Crippen LogP contribution >= 0.6 is 0 Å². The zero-order chi connectivity index (χ0) is 11.9. The zero-order valence-corrected chi connectivity index (χ0v) is 10.9. The molecule has 0 rings (SSSR count). The molecule has 0 unspecified atom stereocenters. The van der Waals surface area contributed by atoms with Gasteiger partial charge in [0.2, 0.25) is 0 Å². The van der Waals surface area contributed by atoms with Crippen LogP contribution in [0.5, 0.6) is 0 Å². The summed E-state index contributed by atoms with van der Waals surface area (Å²) in [6.07, 6.45) is -1.56. The van der Waals surface area contributed by atoms with Gasteiger partial charge in [0.25, 0.3) is 0 Å². The Labute approximate surface area is 102 Å². The van der Waals surface area contributed by atoms with Crippen molar-refractivity contribution in [2.45, 2.75) is 27.7 Å². The first-order valence-electron chi connectivity index (χ1n) is 3.66. The molecule has 0 saturated carbocycles. The molecule has 0 aliphatic heterocycles. The first-order valence-corrected chi connectivity index (χ1v) is 3.66. The summed E-state index contributed by atoms with van der Waals surface area (Å²) < 4.78 is 3.53. The van der Waals surface area contributed by atoms with E-state index in [1.54, 1.807) is 20.8 Å². The molecule has 0 aliphatic carbocycles. The summed E-state index contributed by atoms with van der Waals surface area (Å²) in [5.41, 5.74) is 0. The zero-order valence-electron chi connectivity index (χ0n) is 9.29. The standard InChI is InChI=1S/C3H4O4.3C2H5.Ti/c1-2(4)7-3(5)6;3*1-2;/h1H3,(H,5,6);3*1H2,2H3;/q;3*-1;+3. The molecule has 0 heterocycles. The molecule has 0 aromatic rings. The molecule has 0 bridgehead atoms. The predicted octanol–water partition coefficient (Wildman–Crippen LogP) is 2.75. The molecule has 0 saturated heterocycles. The van der Waals surface area contributed by atoms with Gasteiger partial charge in [0, 0.05) is 6.92 Å². The number of rotatable bonds is 0. The van der Waals surface area contributed by atoms with E-state index in [2.05, 4.69) is 25.5 Å². The average Bonchev–Trinajstić information content (AvgIpc) is 2.12. The molecule has 0 spiro atoms. The van der Waals surface area contributed by atoms with Gasteiger partial charge in [-0.05, 0) is 0 Å². The molecular weight excluding hydrogens is 220 g/mol. The topological polar surface area (TPSA) is 63.6 Å². The van der Waals surface area contributed by atoms with Crippen LogP contribution in [0.4, 0.5) is 4.79 Å². The van der Waals surface area contributed by atoms with Crippen molar-refractivity contribution in [2.75, 3.05) is 0 Å². The molecule has 0 amide bonds. The molecule has 4 nitrogen and oxygen atoms in total. The number of hydrogen-bond donors (Lipinski definition) is 1. The van der Waals surface area contributed by atoms with E-state index >= 15 is 0 Å². The van der Waals surface area contributed by atoms with E-state index in [-0.39, 0.29) is 21.7 Å². The van der Waals surface area contributed by atoms with Gasteiger partial charge in [-0.3, -0.25) is 4.79 Å². The molecule has 5 heteroatoms. The Hall–Kier alpha value is -0.346. The third-order valence-electron chi connectivity index (χ3n) is 0.231. The minimum Gasteiger partial charge on any atom is -0.449 e. The van der Waals surface area contributed by atoms with Gasteiger partial charge >= 0.3 is 33.8 Å². The Balaban J connectivity index is -0.0000000332. The van der Waals surface area contributed by atoms with Gasteiger partial charge in [0.15, 0.2) is 0 Å². The average molecular weight is 239 g/mol. The molecule has 0 atom stereocenters. The fourth-order valence-corrected chi connectivity index (χ4v) is 0.123. The number of hydrogen-bond acceptors (Lipinski definition) is 3. The van der Waals surface area contributed by atoms with Gasteiger partial charge in [-0.25, -0.2) is 4.79 Å². The Bertz CT molecular complexity index is 93.0. The summed E-state index contributed by atoms with van der Waals surface area (Å²) in [7, 11) is 0. The van der Waals surface area contributed by atoms with Gasteiger partial charge < -0.3 is 30.6 Å². The third-order valence-corrected chi connectivity index (χ3v) is 0.231. The van der Waals surface area contributed by atoms with Crippen LogP contribution in [0.15, 0.2) is 0 Å². The van der Waals surface area contributed by atoms with Crippen LogP contribution < -0.4 is 0 Å². The summed E-state index contributed by atoms with van der Waals surface area (Å²) >= 11 is 0. The van der Waals surface area contributed by atoms with Gasteiger partial charge in [0.1, 0.15) is 0 Å². The normalized spacial score (nSPS) is 5.07. The molecular formula is C9H19O4Ti. The molecule has 0 aliphatic rings. The largest absolute Gasteiger partial charge is 3.00 e. The van der Waals surface area contributed by atoms with Crippen molar-refractivity contribution >= 4 is 12.1 Å². The Morgan fingerprint density at radius 1 is 1.00 bits per heavy atom. The number of carbonyl (C=O) groups excluding carboxylic acids is 1. The number of esters is 1. The number of carbonyl (C=O) groups is 2. The van der Waals surface area contributed by atoms with Crippen molar-refractivity contribution in [3.63, 3.8) is 0 Å². The van der Waals surface area contributed by atoms with Crippen molar-refractivity contribution in [1.29, 1.82) is 0 Å². The third kappa shape index (κ3) is 99.1. The Kier molecular flexibility index (Phi) is 80.9. The molecule has 83 valence electrons. The minimum atomic E-state index is -1.56. The monoisotopic (exact) mass is 239 g/mol. The summed E-state index contributed by atoms with van der Waals surface area (Å²) in [6, 6.07) is 0. The summed E-state index contributed by atoms with van der Waals surface area (Å²) in [6.45, 7) is 16.0. The molecule has 0 fully saturated rings. The maximum absolute atomic E-state index is 9.65. The van der Waals surface area contributed by atoms with E-state index in [1.165, 1.54) is 0 Å². The maximum atomic E-state index is 9.65. The SMILES string of the molecule is CC(=O)OC(=O)O.[CH2-]C.[CH2-]C.[CH2-]C.[Ti+3]. The smallest absolute Gasteiger partial charge is 0.449 e. The fraction of sp³-hybridized carbons (Fsp3) is 0.444. The van der Waals surface area contributed by atoms with Gasteiger partial charge in [-0.1, -0.05) is 0 Å². The summed E-state index contributed by atoms with van der Waals surface area (Å²) in [4.78, 5) is 19.0. The van der Waals surface area contributed by atoms with Gasteiger partial charge in [-0.15, -0.1) is 0 Å². The van der Waals surface area contributed by atoms with E-state index < -0.39 is 12.1 Å². The van der Waals surface area contributed by atoms with E-state index in [1.807, 2.05) is 0 Å². The van der Waals surface area contributed by atoms with Gasteiger partial charge in [0.05, 0.1) is 0 Å². The Morgan fingerprint density at radius 2 is 1.21 bits per heavy atom. The van der Waals surface area contributed by atoms with Crippen LogP contribution in [-0.2, 0) is 31.2 Å². The van der Waals surface area contributed by atoms with Crippen LogP contribution in [0.25, 0.3) is 0 Å². The maximum Gasteiger partial charge on any atom is 3.00 e. The molecule has 1 N–H and O–H groups in total. The predicted molar refractivity (Wildman–Crippen MR) is 52.9 cm³/mol. The fourth-order valence-electron chi connectivity index (χ4n) is 0.123. The van der Waals surface area contributed by atoms with Crippen molar-refractivity contribution in [1.82, 2.24) is 0 Å². The summed E-state index contributed by atoms with van der Waals surface area (Å²) in [5, 5.41) is 7.64. The van der Waals surface area contributed by atoms with Gasteiger partial charge in [-0.2, -0.15) is 20.8 Å². The molecule has 0 aromatic carbocycles. The first kappa shape index (κ1) is 29.2. The molecule has 1 radical (unpaired) electrons. The van der Waals surface area contributed by atoms with Crippen LogP contribution in [0.2, 0.25) is 0 Å². The van der Waals surface area contributed by atoms with E-state index in [4.69, 9.17) is 5.11 Å². The second-order valence-electron chi connectivity index (χ2n) is 0.860. The van der Waals surface area contributed by atoms with Crippen LogP contribution in [0, 0.1) is 20.8 Å². The van der Waals surface area contributed by atoms with Crippen molar-refractivity contribution in [3.05, 3.63) is 20.8 Å². The van der Waals surface area contributed by atoms with Crippen LogP contribution in [-0.4, -0.2) is 17.2 Å². The number of ether oxygens (including phenoxy) is 1. The van der Waals surface area contributed by atoms with Crippen molar-refractivity contribution in [2.24, 2.45) is 0 Å². The van der Waals surface area contributed by atoms with Crippen LogP contribution in [0.3, 0.4) is 0 Å². The first-order chi connectivity index (χ1) is 6.13. The second-order valence-corrected chi connectivity index (χ2v) is 0.860. The van der Waals surface area contributed by atoms with Crippen molar-refractivity contribution < 1.29 is 41.2 Å². The van der Waals surface area contributed by atoms with Crippen molar-refractivity contribution in [3.8, 4) is 0 Å². The second kappa shape index (κ2) is 38.8. The summed E-state index contributed by atoms with van der Waals surface area (Å²) in [5.74, 6) is -0.812. The molecule has 0 aromatic heterocycles.